The van der Waals surface area contributed by atoms with Gasteiger partial charge < -0.3 is 28.4 Å². The van der Waals surface area contributed by atoms with Crippen molar-refractivity contribution in [3.63, 3.8) is 0 Å². The average Bonchev–Trinajstić information content (AvgIpc) is 0.690. The Hall–Kier alpha value is -10.2. The number of ether oxygens (including phenoxy) is 6. The molecule has 13 aromatic carbocycles. The molecule has 3 heterocycles. The molecule has 0 saturated heterocycles. The first kappa shape index (κ1) is 101. The minimum Gasteiger partial charge on any atom is -0.494 e. The van der Waals surface area contributed by atoms with E-state index >= 15 is 0 Å². The van der Waals surface area contributed by atoms with Crippen molar-refractivity contribution in [1.82, 2.24) is 29.9 Å². The first-order valence-electron chi connectivity index (χ1n) is 56.0. The van der Waals surface area contributed by atoms with Gasteiger partial charge in [-0.1, -0.05) is 350 Å². The zero-order valence-electron chi connectivity index (χ0n) is 85.4. The quantitative estimate of drug-likeness (QED) is 0.0204. The van der Waals surface area contributed by atoms with Crippen LogP contribution in [0.25, 0.3) is 163 Å². The van der Waals surface area contributed by atoms with Gasteiger partial charge in [0.15, 0.2) is 0 Å². The first-order chi connectivity index (χ1) is 68.3. The van der Waals surface area contributed by atoms with Gasteiger partial charge in [0.25, 0.3) is 0 Å². The summed E-state index contributed by atoms with van der Waals surface area (Å²) in [7, 11) is 0. The number of aromatic nitrogens is 6. The molecule has 12 nitrogen and oxygen atoms in total. The predicted octanol–water partition coefficient (Wildman–Crippen LogP) is 38.8. The summed E-state index contributed by atoms with van der Waals surface area (Å²) in [6.07, 6.45) is 67.9. The van der Waals surface area contributed by atoms with E-state index in [1.165, 1.54) is 270 Å². The van der Waals surface area contributed by atoms with Crippen LogP contribution in [0.1, 0.15) is 388 Å². The van der Waals surface area contributed by atoms with Gasteiger partial charge in [-0.2, -0.15) is 0 Å². The van der Waals surface area contributed by atoms with E-state index in [9.17, 15) is 0 Å². The van der Waals surface area contributed by atoms with Gasteiger partial charge in [0.05, 0.1) is 106 Å². The lowest BCUT2D eigenvalue weighted by molar-refractivity contribution is 0.304. The molecule has 0 aliphatic rings. The number of unbranched alkanes of at least 4 members (excludes halogenated alkanes) is 48. The molecule has 0 aliphatic heterocycles. The third-order valence-electron chi connectivity index (χ3n) is 29.7. The topological polar surface area (TPSA) is 133 Å². The Morgan fingerprint density at radius 1 is 0.130 bits per heavy atom. The smallest absolute Gasteiger partial charge is 0.120 e. The van der Waals surface area contributed by atoms with Crippen molar-refractivity contribution >= 4 is 163 Å². The summed E-state index contributed by atoms with van der Waals surface area (Å²) in [6, 6.07) is 53.7. The molecule has 0 atom stereocenters. The van der Waals surface area contributed by atoms with Crippen molar-refractivity contribution in [2.75, 3.05) is 39.6 Å². The number of hydrogen-bond acceptors (Lipinski definition) is 12. The number of nitrogens with zero attached hydrogens (tertiary/aromatic N) is 6. The highest BCUT2D eigenvalue weighted by atomic mass is 16.5. The largest absolute Gasteiger partial charge is 0.494 e. The number of hydrogen-bond donors (Lipinski definition) is 0. The van der Waals surface area contributed by atoms with Crippen LogP contribution < -0.4 is 28.4 Å². The second-order valence-electron chi connectivity index (χ2n) is 40.7. The molecule has 0 radical (unpaired) electrons. The van der Waals surface area contributed by atoms with Crippen LogP contribution in [0, 0.1) is 0 Å². The van der Waals surface area contributed by atoms with Gasteiger partial charge in [-0.25, -0.2) is 29.9 Å². The molecular formula is C126H162N6O6. The van der Waals surface area contributed by atoms with Crippen LogP contribution in [-0.4, -0.2) is 69.5 Å². The van der Waals surface area contributed by atoms with Gasteiger partial charge in [-0.15, -0.1) is 0 Å². The average molecular weight is 1860 g/mol. The van der Waals surface area contributed by atoms with Crippen LogP contribution in [0.15, 0.2) is 146 Å². The Kier molecular flexibility index (Phi) is 39.0. The van der Waals surface area contributed by atoms with Crippen molar-refractivity contribution < 1.29 is 28.4 Å². The summed E-state index contributed by atoms with van der Waals surface area (Å²) < 4.78 is 40.5. The fraction of sp³-hybridized carbons (Fsp3) is 0.524. The van der Waals surface area contributed by atoms with E-state index in [1.54, 1.807) is 0 Å². The van der Waals surface area contributed by atoms with Crippen LogP contribution in [0.2, 0.25) is 0 Å². The second kappa shape index (κ2) is 53.4. The zero-order valence-corrected chi connectivity index (χ0v) is 85.4. The lowest BCUT2D eigenvalue weighted by Gasteiger charge is -2.17. The van der Waals surface area contributed by atoms with Crippen LogP contribution in [0.5, 0.6) is 34.5 Å². The van der Waals surface area contributed by atoms with E-state index in [1.807, 2.05) is 0 Å². The van der Waals surface area contributed by atoms with Gasteiger partial charge in [0, 0.05) is 32.3 Å². The number of rotatable bonds is 66. The molecule has 0 spiro atoms. The van der Waals surface area contributed by atoms with E-state index in [2.05, 4.69) is 187 Å². The normalized spacial score (nSPS) is 12.1. The molecule has 0 amide bonds. The molecule has 0 N–H and O–H groups in total. The summed E-state index contributed by atoms with van der Waals surface area (Å²) in [5, 5.41) is 18.9. The van der Waals surface area contributed by atoms with Crippen molar-refractivity contribution in [3.05, 3.63) is 146 Å². The molecule has 16 rings (SSSR count). The molecule has 0 fully saturated rings. The summed E-state index contributed by atoms with van der Waals surface area (Å²) in [4.78, 5) is 35.5. The van der Waals surface area contributed by atoms with Crippen molar-refractivity contribution in [1.29, 1.82) is 0 Å². The van der Waals surface area contributed by atoms with Crippen LogP contribution in [0.4, 0.5) is 0 Å². The van der Waals surface area contributed by atoms with Gasteiger partial charge >= 0.3 is 0 Å². The molecule has 3 aromatic heterocycles. The molecule has 732 valence electrons. The van der Waals surface area contributed by atoms with Crippen molar-refractivity contribution in [3.8, 4) is 34.5 Å². The Balaban J connectivity index is 0.856. The summed E-state index contributed by atoms with van der Waals surface area (Å²) in [5.74, 6) is 5.08. The summed E-state index contributed by atoms with van der Waals surface area (Å²) in [5.41, 5.74) is 9.73. The van der Waals surface area contributed by atoms with E-state index in [-0.39, 0.29) is 0 Å². The van der Waals surface area contributed by atoms with E-state index in [0.29, 0.717) is 39.6 Å². The highest BCUT2D eigenvalue weighted by Gasteiger charge is 2.24. The van der Waals surface area contributed by atoms with Gasteiger partial charge in [0.2, 0.25) is 0 Å². The fourth-order valence-electron chi connectivity index (χ4n) is 21.7. The Bertz CT molecular complexity index is 5590. The van der Waals surface area contributed by atoms with Crippen LogP contribution in [0.3, 0.4) is 0 Å². The van der Waals surface area contributed by atoms with E-state index in [4.69, 9.17) is 58.3 Å². The maximum absolute atomic E-state index is 6.75. The molecule has 138 heavy (non-hydrogen) atoms. The van der Waals surface area contributed by atoms with Crippen molar-refractivity contribution in [2.45, 2.75) is 388 Å². The van der Waals surface area contributed by atoms with E-state index < -0.39 is 0 Å². The van der Waals surface area contributed by atoms with Gasteiger partial charge in [0.1, 0.15) is 34.5 Å². The molecule has 0 bridgehead atoms. The standard InChI is InChI=1S/C126H162N6O6/c1-7-13-19-25-31-37-43-49-55-73-133-91-61-67-97-98-68-62-92(134-74-56-50-44-38-32-26-20-14-8-2)80-110(98)122-121(109(97)79-91)127-115-85-103-104(86-116(115)128-122)106-88-118-120(132-126-114-84-96(138-78-60-54-48-42-36-30-24-18-12-6)66-72-102(114)101-71-65-95(83-113(101)125(126)130-118)137-77-59-53-47-41-35-29-23-17-11-5)90-108(106)107-89-119-117(87-105(103)107)129-123-111-81-93(135-75-57-51-45-39-33-27-21-15-9-3)63-69-99(111)100-70-64-94(82-112(100)124(123)131-119)136-76-58-52-46-40-34-28-22-16-10-4/h61-72,79-90H,7-60,73-78H2,1-6H3. The molecule has 12 heteroatoms. The monoisotopic (exact) mass is 1860 g/mol. The lowest BCUT2D eigenvalue weighted by atomic mass is 9.92. The first-order valence-corrected chi connectivity index (χ1v) is 56.0. The number of fused-ring (bicyclic) bond motifs is 27. The van der Waals surface area contributed by atoms with Crippen LogP contribution in [-0.2, 0) is 0 Å². The third-order valence-corrected chi connectivity index (χ3v) is 29.7. The maximum atomic E-state index is 6.75. The Morgan fingerprint density at radius 3 is 0.384 bits per heavy atom. The second-order valence-corrected chi connectivity index (χ2v) is 40.7. The zero-order chi connectivity index (χ0) is 94.7. The highest BCUT2D eigenvalue weighted by Crippen LogP contribution is 2.47. The van der Waals surface area contributed by atoms with Gasteiger partial charge in [-0.05, 0) is 249 Å². The summed E-state index contributed by atoms with van der Waals surface area (Å²) >= 11 is 0. The lowest BCUT2D eigenvalue weighted by Crippen LogP contribution is -1.99. The van der Waals surface area contributed by atoms with Gasteiger partial charge in [-0.3, -0.25) is 0 Å². The van der Waals surface area contributed by atoms with E-state index in [0.717, 1.165) is 275 Å². The Morgan fingerprint density at radius 2 is 0.254 bits per heavy atom. The third kappa shape index (κ3) is 26.5. The molecule has 16 aromatic rings. The minimum absolute atomic E-state index is 0.663. The van der Waals surface area contributed by atoms with Crippen molar-refractivity contribution in [2.24, 2.45) is 0 Å². The minimum atomic E-state index is 0.663. The predicted molar refractivity (Wildman–Crippen MR) is 592 cm³/mol. The maximum Gasteiger partial charge on any atom is 0.120 e. The Labute approximate surface area is 824 Å². The highest BCUT2D eigenvalue weighted by molar-refractivity contribution is 6.33. The number of benzene rings is 13. The fourth-order valence-corrected chi connectivity index (χ4v) is 21.7. The SMILES string of the molecule is CCCCCCCCCCCOc1ccc2c3ccc(OCCCCCCCCCCC)cc3c3nc4cc5c(cc4nc3c2c1)c1cc2nc3c4cc(OCCCCCCCCCCC)ccc4c4ccc(OCCCCCCCCCCC)cc4c3nc2cc1c1cc2nc3c4cc(OCCCCCCCCCCC)ccc4c4ccc(OCCCCCCCCCCC)cc4c3nc2cc51. The molecular weight excluding hydrogens is 1690 g/mol. The summed E-state index contributed by atoms with van der Waals surface area (Å²) in [6.45, 7) is 17.7. The molecule has 0 unspecified atom stereocenters. The molecule has 0 saturated carbocycles. The molecule has 0 aliphatic carbocycles. The van der Waals surface area contributed by atoms with Crippen LogP contribution >= 0.6 is 0 Å².